The first-order valence-corrected chi connectivity index (χ1v) is 7.20. The quantitative estimate of drug-likeness (QED) is 0.660. The van der Waals surface area contributed by atoms with E-state index in [1.807, 2.05) is 11.8 Å². The summed E-state index contributed by atoms with van der Waals surface area (Å²) in [6.45, 7) is 4.00. The molecule has 1 amide bonds. The lowest BCUT2D eigenvalue weighted by atomic mass is 10.2. The second-order valence-corrected chi connectivity index (χ2v) is 5.57. The van der Waals surface area contributed by atoms with Crippen LogP contribution in [0.1, 0.15) is 25.3 Å². The predicted molar refractivity (Wildman–Crippen MR) is 73.1 cm³/mol. The highest BCUT2D eigenvalue weighted by molar-refractivity contribution is 7.13. The summed E-state index contributed by atoms with van der Waals surface area (Å²) in [5.74, 6) is 0.113. The Kier molecular flexibility index (Phi) is 4.49. The molecule has 0 aliphatic carbocycles. The van der Waals surface area contributed by atoms with Gasteiger partial charge in [0.15, 0.2) is 0 Å². The van der Waals surface area contributed by atoms with Gasteiger partial charge < -0.3 is 10.2 Å². The van der Waals surface area contributed by atoms with Crippen molar-refractivity contribution in [2.24, 2.45) is 0 Å². The smallest absolute Gasteiger partial charge is 0.324 e. The third-order valence-electron chi connectivity index (χ3n) is 3.22. The fourth-order valence-electron chi connectivity index (χ4n) is 2.12. The van der Waals surface area contributed by atoms with Gasteiger partial charge in [0.1, 0.15) is 0 Å². The zero-order chi connectivity index (χ0) is 13.8. The predicted octanol–water partition coefficient (Wildman–Crippen LogP) is 1.76. The van der Waals surface area contributed by atoms with E-state index in [2.05, 4.69) is 5.32 Å². The van der Waals surface area contributed by atoms with Gasteiger partial charge in [0, 0.05) is 31.1 Å². The lowest BCUT2D eigenvalue weighted by Gasteiger charge is -2.20. The highest BCUT2D eigenvalue weighted by atomic mass is 32.1. The van der Waals surface area contributed by atoms with E-state index in [-0.39, 0.29) is 17.0 Å². The summed E-state index contributed by atoms with van der Waals surface area (Å²) in [6.07, 6.45) is 2.16. The number of carbonyl (C=O) groups excluding carboxylic acids is 1. The molecule has 0 radical (unpaired) electrons. The van der Waals surface area contributed by atoms with Crippen molar-refractivity contribution in [1.29, 1.82) is 0 Å². The summed E-state index contributed by atoms with van der Waals surface area (Å²) in [5.41, 5.74) is 0.845. The molecular formula is C12H17N3O3S. The van der Waals surface area contributed by atoms with Gasteiger partial charge in [-0.05, 0) is 25.3 Å². The molecule has 1 unspecified atom stereocenters. The minimum absolute atomic E-state index is 0.113. The SMILES string of the molecule is CC(NCc1csc([N+](=O)[O-])c1)C(=O)N1CCCC1. The third-order valence-corrected chi connectivity index (χ3v) is 4.15. The number of amides is 1. The highest BCUT2D eigenvalue weighted by Gasteiger charge is 2.22. The van der Waals surface area contributed by atoms with Gasteiger partial charge in [-0.1, -0.05) is 11.3 Å². The molecule has 6 nitrogen and oxygen atoms in total. The molecule has 2 rings (SSSR count). The number of carbonyl (C=O) groups is 1. The van der Waals surface area contributed by atoms with Gasteiger partial charge in [-0.2, -0.15) is 0 Å². The van der Waals surface area contributed by atoms with Crippen molar-refractivity contribution in [3.8, 4) is 0 Å². The Morgan fingerprint density at radius 1 is 1.58 bits per heavy atom. The first-order valence-electron chi connectivity index (χ1n) is 6.32. The average molecular weight is 283 g/mol. The number of hydrogen-bond donors (Lipinski definition) is 1. The van der Waals surface area contributed by atoms with Crippen molar-refractivity contribution >= 4 is 22.2 Å². The summed E-state index contributed by atoms with van der Waals surface area (Å²) in [4.78, 5) is 24.1. The van der Waals surface area contributed by atoms with E-state index in [9.17, 15) is 14.9 Å². The van der Waals surface area contributed by atoms with E-state index in [0.717, 1.165) is 42.8 Å². The van der Waals surface area contributed by atoms with Crippen LogP contribution in [0.5, 0.6) is 0 Å². The zero-order valence-corrected chi connectivity index (χ0v) is 11.6. The molecule has 1 fully saturated rings. The lowest BCUT2D eigenvalue weighted by molar-refractivity contribution is -0.380. The second kappa shape index (κ2) is 6.12. The van der Waals surface area contributed by atoms with Crippen LogP contribution < -0.4 is 5.32 Å². The molecule has 1 aromatic rings. The Balaban J connectivity index is 1.83. The van der Waals surface area contributed by atoms with Crippen LogP contribution in [0, 0.1) is 10.1 Å². The van der Waals surface area contributed by atoms with E-state index >= 15 is 0 Å². The van der Waals surface area contributed by atoms with Crippen LogP contribution >= 0.6 is 11.3 Å². The molecule has 0 aromatic carbocycles. The number of hydrogen-bond acceptors (Lipinski definition) is 5. The summed E-state index contributed by atoms with van der Waals surface area (Å²) >= 11 is 1.11. The minimum Gasteiger partial charge on any atom is -0.341 e. The number of likely N-dealkylation sites (tertiary alicyclic amines) is 1. The summed E-state index contributed by atoms with van der Waals surface area (Å²) in [7, 11) is 0. The maximum atomic E-state index is 12.0. The molecule has 1 aliphatic heterocycles. The standard InChI is InChI=1S/C12H17N3O3S/c1-9(12(16)14-4-2-3-5-14)13-7-10-6-11(15(17)18)19-8-10/h6,8-9,13H,2-5,7H2,1H3. The highest BCUT2D eigenvalue weighted by Crippen LogP contribution is 2.22. The molecule has 1 aromatic heterocycles. The Morgan fingerprint density at radius 3 is 2.84 bits per heavy atom. The molecule has 1 N–H and O–H groups in total. The van der Waals surface area contributed by atoms with E-state index in [1.54, 1.807) is 11.4 Å². The summed E-state index contributed by atoms with van der Waals surface area (Å²) in [5, 5.41) is 15.6. The van der Waals surface area contributed by atoms with Crippen molar-refractivity contribution in [3.05, 3.63) is 27.1 Å². The molecule has 1 atom stereocenters. The van der Waals surface area contributed by atoms with Gasteiger partial charge in [-0.3, -0.25) is 14.9 Å². The van der Waals surface area contributed by atoms with Crippen LogP contribution in [0.4, 0.5) is 5.00 Å². The van der Waals surface area contributed by atoms with E-state index in [1.165, 1.54) is 0 Å². The van der Waals surface area contributed by atoms with Crippen LogP contribution in [-0.2, 0) is 11.3 Å². The minimum atomic E-state index is -0.396. The third kappa shape index (κ3) is 3.51. The Hall–Kier alpha value is -1.47. The number of nitrogens with one attached hydrogen (secondary N) is 1. The van der Waals surface area contributed by atoms with Crippen molar-refractivity contribution in [2.75, 3.05) is 13.1 Å². The summed E-state index contributed by atoms with van der Waals surface area (Å²) in [6, 6.07) is 1.29. The fourth-order valence-corrected chi connectivity index (χ4v) is 2.85. The van der Waals surface area contributed by atoms with E-state index in [4.69, 9.17) is 0 Å². The lowest BCUT2D eigenvalue weighted by Crippen LogP contribution is -2.43. The summed E-state index contributed by atoms with van der Waals surface area (Å²) < 4.78 is 0. The van der Waals surface area contributed by atoms with Crippen LogP contribution in [0.15, 0.2) is 11.4 Å². The number of nitro groups is 1. The zero-order valence-electron chi connectivity index (χ0n) is 10.8. The molecule has 7 heteroatoms. The first kappa shape index (κ1) is 14.0. The molecule has 0 saturated carbocycles. The van der Waals surface area contributed by atoms with Gasteiger partial charge in [0.2, 0.25) is 5.91 Å². The Morgan fingerprint density at radius 2 is 2.26 bits per heavy atom. The molecule has 1 aliphatic rings. The second-order valence-electron chi connectivity index (χ2n) is 4.69. The van der Waals surface area contributed by atoms with Gasteiger partial charge >= 0.3 is 5.00 Å². The van der Waals surface area contributed by atoms with Gasteiger partial charge in [-0.15, -0.1) is 0 Å². The van der Waals surface area contributed by atoms with Crippen molar-refractivity contribution < 1.29 is 9.72 Å². The molecule has 0 bridgehead atoms. The first-order chi connectivity index (χ1) is 9.08. The topological polar surface area (TPSA) is 75.5 Å². The van der Waals surface area contributed by atoms with Crippen LogP contribution in [0.25, 0.3) is 0 Å². The molecule has 2 heterocycles. The van der Waals surface area contributed by atoms with Crippen molar-refractivity contribution in [3.63, 3.8) is 0 Å². The maximum absolute atomic E-state index is 12.0. The van der Waals surface area contributed by atoms with E-state index in [0.29, 0.717) is 6.54 Å². The van der Waals surface area contributed by atoms with E-state index < -0.39 is 4.92 Å². The Labute approximate surface area is 115 Å². The number of thiophene rings is 1. The average Bonchev–Trinajstić information content (AvgIpc) is 3.05. The largest absolute Gasteiger partial charge is 0.341 e. The molecule has 0 spiro atoms. The molecule has 19 heavy (non-hydrogen) atoms. The fraction of sp³-hybridized carbons (Fsp3) is 0.583. The van der Waals surface area contributed by atoms with Crippen LogP contribution in [-0.4, -0.2) is 34.9 Å². The van der Waals surface area contributed by atoms with Gasteiger partial charge in [0.05, 0.1) is 11.0 Å². The Bertz CT molecular complexity index is 469. The number of rotatable bonds is 5. The van der Waals surface area contributed by atoms with Gasteiger partial charge in [-0.25, -0.2) is 0 Å². The normalized spacial score (nSPS) is 16.6. The molecule has 104 valence electrons. The molecular weight excluding hydrogens is 266 g/mol. The van der Waals surface area contributed by atoms with Crippen molar-refractivity contribution in [1.82, 2.24) is 10.2 Å². The monoisotopic (exact) mass is 283 g/mol. The van der Waals surface area contributed by atoms with Crippen LogP contribution in [0.2, 0.25) is 0 Å². The van der Waals surface area contributed by atoms with Crippen LogP contribution in [0.3, 0.4) is 0 Å². The van der Waals surface area contributed by atoms with Crippen molar-refractivity contribution in [2.45, 2.75) is 32.4 Å². The number of nitrogens with zero attached hydrogens (tertiary/aromatic N) is 2. The maximum Gasteiger partial charge on any atom is 0.324 e. The van der Waals surface area contributed by atoms with Gasteiger partial charge in [0.25, 0.3) is 0 Å². The molecule has 1 saturated heterocycles.